The van der Waals surface area contributed by atoms with Crippen molar-refractivity contribution in [1.29, 1.82) is 0 Å². The first-order chi connectivity index (χ1) is 9.50. The van der Waals surface area contributed by atoms with Crippen molar-refractivity contribution in [2.24, 2.45) is 0 Å². The summed E-state index contributed by atoms with van der Waals surface area (Å²) >= 11 is 7.28. The summed E-state index contributed by atoms with van der Waals surface area (Å²) in [6.45, 7) is 0.291. The van der Waals surface area contributed by atoms with E-state index in [2.05, 4.69) is 5.32 Å². The monoisotopic (exact) mass is 318 g/mol. The summed E-state index contributed by atoms with van der Waals surface area (Å²) in [6.07, 6.45) is 0. The van der Waals surface area contributed by atoms with E-state index in [4.69, 9.17) is 16.7 Å². The van der Waals surface area contributed by atoms with Crippen LogP contribution in [0.15, 0.2) is 18.2 Å². The molecule has 1 saturated heterocycles. The van der Waals surface area contributed by atoms with E-state index in [-0.39, 0.29) is 10.7 Å². The van der Waals surface area contributed by atoms with Crippen molar-refractivity contribution < 1.29 is 19.1 Å². The van der Waals surface area contributed by atoms with Gasteiger partial charge in [0, 0.05) is 18.1 Å². The maximum atomic E-state index is 13.6. The lowest BCUT2D eigenvalue weighted by molar-refractivity contribution is -0.141. The predicted octanol–water partition coefficient (Wildman–Crippen LogP) is 2.51. The first kappa shape index (κ1) is 14.9. The van der Waals surface area contributed by atoms with Crippen LogP contribution >= 0.6 is 23.4 Å². The number of carboxylic acids is 1. The minimum atomic E-state index is -1.08. The maximum absolute atomic E-state index is 13.6. The van der Waals surface area contributed by atoms with E-state index in [1.807, 2.05) is 0 Å². The van der Waals surface area contributed by atoms with Crippen LogP contribution in [-0.4, -0.2) is 46.1 Å². The van der Waals surface area contributed by atoms with Gasteiger partial charge in [0.1, 0.15) is 11.9 Å². The van der Waals surface area contributed by atoms with Gasteiger partial charge in [-0.1, -0.05) is 17.7 Å². The van der Waals surface area contributed by atoms with Crippen molar-refractivity contribution in [3.8, 4) is 0 Å². The van der Waals surface area contributed by atoms with Crippen molar-refractivity contribution in [2.75, 3.05) is 23.4 Å². The van der Waals surface area contributed by atoms with Gasteiger partial charge in [-0.3, -0.25) is 0 Å². The summed E-state index contributed by atoms with van der Waals surface area (Å²) < 4.78 is 13.6. The largest absolute Gasteiger partial charge is 0.480 e. The second kappa shape index (κ2) is 6.32. The number of urea groups is 1. The van der Waals surface area contributed by atoms with Crippen LogP contribution in [0.25, 0.3) is 0 Å². The van der Waals surface area contributed by atoms with Gasteiger partial charge in [-0.05, 0) is 12.1 Å². The van der Waals surface area contributed by atoms with E-state index >= 15 is 0 Å². The fraction of sp³-hybridized carbons (Fsp3) is 0.333. The van der Waals surface area contributed by atoms with Gasteiger partial charge < -0.3 is 15.3 Å². The number of halogens is 2. The van der Waals surface area contributed by atoms with Gasteiger partial charge in [0.05, 0.1) is 10.7 Å². The quantitative estimate of drug-likeness (QED) is 0.879. The topological polar surface area (TPSA) is 69.6 Å². The molecule has 1 heterocycles. The molecule has 1 aliphatic rings. The fourth-order valence-electron chi connectivity index (χ4n) is 1.85. The number of aliphatic carboxylic acids is 1. The van der Waals surface area contributed by atoms with Crippen LogP contribution in [0, 0.1) is 5.82 Å². The molecule has 0 saturated carbocycles. The Morgan fingerprint density at radius 1 is 1.50 bits per heavy atom. The Morgan fingerprint density at radius 2 is 2.25 bits per heavy atom. The van der Waals surface area contributed by atoms with E-state index in [0.717, 1.165) is 0 Å². The van der Waals surface area contributed by atoms with Gasteiger partial charge in [0.25, 0.3) is 0 Å². The first-order valence-corrected chi connectivity index (χ1v) is 7.36. The lowest BCUT2D eigenvalue weighted by Crippen LogP contribution is -2.51. The van der Waals surface area contributed by atoms with Gasteiger partial charge >= 0.3 is 12.0 Å². The second-order valence-corrected chi connectivity index (χ2v) is 5.71. The van der Waals surface area contributed by atoms with E-state index in [1.165, 1.54) is 34.9 Å². The Kier molecular flexibility index (Phi) is 4.72. The van der Waals surface area contributed by atoms with E-state index in [9.17, 15) is 14.0 Å². The molecule has 1 fully saturated rings. The minimum Gasteiger partial charge on any atom is -0.480 e. The number of benzene rings is 1. The highest BCUT2D eigenvalue weighted by molar-refractivity contribution is 7.99. The van der Waals surface area contributed by atoms with Crippen LogP contribution in [0.4, 0.5) is 14.9 Å². The van der Waals surface area contributed by atoms with Crippen molar-refractivity contribution in [2.45, 2.75) is 6.04 Å². The third-order valence-corrected chi connectivity index (χ3v) is 4.21. The molecule has 2 rings (SSSR count). The van der Waals surface area contributed by atoms with Crippen LogP contribution in [-0.2, 0) is 4.79 Å². The third kappa shape index (κ3) is 3.16. The van der Waals surface area contributed by atoms with Gasteiger partial charge in [-0.2, -0.15) is 11.8 Å². The number of anilines is 1. The lowest BCUT2D eigenvalue weighted by Gasteiger charge is -2.32. The summed E-state index contributed by atoms with van der Waals surface area (Å²) in [7, 11) is 0. The van der Waals surface area contributed by atoms with Gasteiger partial charge in [0.15, 0.2) is 0 Å². The SMILES string of the molecule is O=C(O)C1CSCCN1C(=O)Nc1c(F)cccc1Cl. The molecule has 1 aliphatic heterocycles. The number of thioether (sulfide) groups is 1. The van der Waals surface area contributed by atoms with Crippen LogP contribution in [0.3, 0.4) is 0 Å². The number of nitrogens with one attached hydrogen (secondary N) is 1. The number of carboxylic acid groups (broad SMARTS) is 1. The number of amides is 2. The number of carbonyl (C=O) groups is 2. The molecule has 1 aromatic carbocycles. The van der Waals surface area contributed by atoms with Crippen molar-refractivity contribution in [1.82, 2.24) is 4.90 Å². The van der Waals surface area contributed by atoms with Crippen LogP contribution in [0.5, 0.6) is 0 Å². The molecule has 1 aromatic rings. The Bertz CT molecular complexity index is 523. The summed E-state index contributed by atoms with van der Waals surface area (Å²) in [5.41, 5.74) is -0.137. The second-order valence-electron chi connectivity index (χ2n) is 4.15. The van der Waals surface area contributed by atoms with E-state index in [1.54, 1.807) is 0 Å². The van der Waals surface area contributed by atoms with Crippen LogP contribution in [0.2, 0.25) is 5.02 Å². The molecule has 0 aliphatic carbocycles. The highest BCUT2D eigenvalue weighted by Crippen LogP contribution is 2.26. The molecule has 2 N–H and O–H groups in total. The number of carbonyl (C=O) groups excluding carboxylic acids is 1. The predicted molar refractivity (Wildman–Crippen MR) is 75.9 cm³/mol. The molecule has 1 atom stereocenters. The van der Waals surface area contributed by atoms with Crippen LogP contribution < -0.4 is 5.32 Å². The van der Waals surface area contributed by atoms with Gasteiger partial charge in [0.2, 0.25) is 0 Å². The standard InChI is InChI=1S/C12H12ClFN2O3S/c13-7-2-1-3-8(14)10(7)15-12(19)16-4-5-20-6-9(16)11(17)18/h1-3,9H,4-6H2,(H,15,19)(H,17,18). The Balaban J connectivity index is 2.16. The molecule has 2 amide bonds. The number of para-hydroxylation sites is 1. The third-order valence-electron chi connectivity index (χ3n) is 2.87. The van der Waals surface area contributed by atoms with Crippen molar-refractivity contribution >= 4 is 41.1 Å². The van der Waals surface area contributed by atoms with E-state index in [0.29, 0.717) is 18.1 Å². The number of hydrogen-bond donors (Lipinski definition) is 2. The maximum Gasteiger partial charge on any atom is 0.327 e. The molecule has 0 bridgehead atoms. The fourth-order valence-corrected chi connectivity index (χ4v) is 3.10. The van der Waals surface area contributed by atoms with Crippen molar-refractivity contribution in [3.63, 3.8) is 0 Å². The molecule has 20 heavy (non-hydrogen) atoms. The minimum absolute atomic E-state index is 0.0663. The highest BCUT2D eigenvalue weighted by Gasteiger charge is 2.32. The van der Waals surface area contributed by atoms with E-state index < -0.39 is 23.9 Å². The smallest absolute Gasteiger partial charge is 0.327 e. The number of hydrogen-bond acceptors (Lipinski definition) is 3. The van der Waals surface area contributed by atoms with Crippen molar-refractivity contribution in [3.05, 3.63) is 29.0 Å². The summed E-state index contributed by atoms with van der Waals surface area (Å²) in [5, 5.41) is 11.5. The molecular weight excluding hydrogens is 307 g/mol. The molecule has 108 valence electrons. The molecule has 5 nitrogen and oxygen atoms in total. The molecular formula is C12H12ClFN2O3S. The normalized spacial score (nSPS) is 18.7. The Morgan fingerprint density at radius 3 is 2.90 bits per heavy atom. The Hall–Kier alpha value is -1.47. The summed E-state index contributed by atoms with van der Waals surface area (Å²) in [5.74, 6) is -0.785. The summed E-state index contributed by atoms with van der Waals surface area (Å²) in [4.78, 5) is 24.4. The zero-order valence-corrected chi connectivity index (χ0v) is 11.9. The number of rotatable bonds is 2. The number of nitrogens with zero attached hydrogens (tertiary/aromatic N) is 1. The average molecular weight is 319 g/mol. The zero-order valence-electron chi connectivity index (χ0n) is 10.3. The molecule has 8 heteroatoms. The Labute approximate surface area is 124 Å². The lowest BCUT2D eigenvalue weighted by atomic mass is 10.2. The van der Waals surface area contributed by atoms with Gasteiger partial charge in [-0.25, -0.2) is 14.0 Å². The van der Waals surface area contributed by atoms with Crippen LogP contribution in [0.1, 0.15) is 0 Å². The average Bonchev–Trinajstić information content (AvgIpc) is 2.43. The van der Waals surface area contributed by atoms with Gasteiger partial charge in [-0.15, -0.1) is 0 Å². The summed E-state index contributed by atoms with van der Waals surface area (Å²) in [6, 6.07) is 2.46. The molecule has 0 radical (unpaired) electrons. The first-order valence-electron chi connectivity index (χ1n) is 5.83. The highest BCUT2D eigenvalue weighted by atomic mass is 35.5. The zero-order chi connectivity index (χ0) is 14.7. The molecule has 0 aromatic heterocycles. The molecule has 0 spiro atoms. The molecule has 1 unspecified atom stereocenters.